The molecule has 0 aliphatic heterocycles. The number of ketones is 1. The fourth-order valence-electron chi connectivity index (χ4n) is 2.21. The topological polar surface area (TPSA) is 157 Å². The molecule has 0 aliphatic rings. The highest BCUT2D eigenvalue weighted by Crippen LogP contribution is 2.36. The van der Waals surface area contributed by atoms with E-state index < -0.39 is 32.6 Å². The lowest BCUT2D eigenvalue weighted by Gasteiger charge is -2.07. The Balaban J connectivity index is 2.56. The number of nitro benzene ring substituents is 2. The Kier molecular flexibility index (Phi) is 5.47. The Morgan fingerprint density at radius 1 is 1.19 bits per heavy atom. The molecular weight excluding hydrogens is 358 g/mol. The summed E-state index contributed by atoms with van der Waals surface area (Å²) < 4.78 is 4.85. The van der Waals surface area contributed by atoms with Crippen LogP contribution in [0.4, 0.5) is 11.4 Å². The van der Waals surface area contributed by atoms with Crippen LogP contribution < -0.4 is 4.74 Å². The second-order valence-electron chi connectivity index (χ2n) is 5.15. The lowest BCUT2D eigenvalue weighted by molar-refractivity contribution is -0.385. The van der Waals surface area contributed by atoms with Crippen molar-refractivity contribution in [2.24, 2.45) is 0 Å². The molecule has 0 heterocycles. The molecule has 0 amide bonds. The molecule has 10 nitrogen and oxygen atoms in total. The molecule has 0 radical (unpaired) electrons. The second-order valence-corrected chi connectivity index (χ2v) is 5.15. The molecule has 1 N–H and O–H groups in total. The number of phenolic OH excluding ortho intramolecular Hbond substituents is 1. The zero-order valence-electron chi connectivity index (χ0n) is 13.8. The van der Waals surface area contributed by atoms with Gasteiger partial charge in [-0.1, -0.05) is 12.1 Å². The summed E-state index contributed by atoms with van der Waals surface area (Å²) in [7, 11) is 1.19. The van der Waals surface area contributed by atoms with E-state index in [1.54, 1.807) is 6.07 Å². The number of hydrogen-bond donors (Lipinski definition) is 1. The van der Waals surface area contributed by atoms with E-state index in [1.807, 2.05) is 0 Å². The number of carbonyl (C=O) groups is 1. The molecule has 0 spiro atoms. The number of phenols is 1. The van der Waals surface area contributed by atoms with Crippen molar-refractivity contribution in [2.45, 2.75) is 0 Å². The van der Waals surface area contributed by atoms with Crippen molar-refractivity contribution >= 4 is 23.2 Å². The minimum atomic E-state index is -0.842. The Labute approximate surface area is 151 Å². The number of aromatic hydroxyl groups is 1. The largest absolute Gasteiger partial charge is 0.504 e. The number of benzene rings is 2. The number of nitro groups is 2. The standard InChI is InChI=1S/C17H11N3O7/c1-27-15-8-14(20(25)26)7-11(17(15)22)5-12(9-18)16(21)10-3-2-4-13(6-10)19(23)24/h2-8,22H,1H3/b12-5-. The number of Topliss-reactive ketones (excluding diaryl/α,β-unsaturated/α-hetero) is 1. The Bertz CT molecular complexity index is 1020. The third kappa shape index (κ3) is 4.05. The summed E-state index contributed by atoms with van der Waals surface area (Å²) in [6.45, 7) is 0. The monoisotopic (exact) mass is 369 g/mol. The highest BCUT2D eigenvalue weighted by Gasteiger charge is 2.19. The number of ether oxygens (including phenoxy) is 1. The van der Waals surface area contributed by atoms with Gasteiger partial charge in [0.25, 0.3) is 11.4 Å². The minimum absolute atomic E-state index is 0.117. The molecule has 0 saturated heterocycles. The third-order valence-electron chi connectivity index (χ3n) is 3.50. The van der Waals surface area contributed by atoms with E-state index >= 15 is 0 Å². The van der Waals surface area contributed by atoms with E-state index in [0.29, 0.717) is 0 Å². The first-order valence-electron chi connectivity index (χ1n) is 7.24. The van der Waals surface area contributed by atoms with Crippen LogP contribution in [0.2, 0.25) is 0 Å². The first kappa shape index (κ1) is 19.1. The van der Waals surface area contributed by atoms with Gasteiger partial charge in [0.1, 0.15) is 11.6 Å². The van der Waals surface area contributed by atoms with Crippen LogP contribution in [0.1, 0.15) is 15.9 Å². The van der Waals surface area contributed by atoms with Gasteiger partial charge in [-0.25, -0.2) is 0 Å². The molecule has 0 atom stereocenters. The lowest BCUT2D eigenvalue weighted by atomic mass is 10.0. The van der Waals surface area contributed by atoms with Crippen LogP contribution in [-0.4, -0.2) is 27.8 Å². The van der Waals surface area contributed by atoms with Gasteiger partial charge in [-0.15, -0.1) is 0 Å². The minimum Gasteiger partial charge on any atom is -0.504 e. The molecule has 0 aromatic heterocycles. The molecular formula is C17H11N3O7. The number of rotatable bonds is 6. The van der Waals surface area contributed by atoms with Crippen molar-refractivity contribution in [3.05, 3.63) is 73.3 Å². The van der Waals surface area contributed by atoms with E-state index in [-0.39, 0.29) is 22.6 Å². The molecule has 10 heteroatoms. The van der Waals surface area contributed by atoms with Gasteiger partial charge < -0.3 is 9.84 Å². The molecule has 136 valence electrons. The smallest absolute Gasteiger partial charge is 0.274 e. The van der Waals surface area contributed by atoms with Crippen molar-refractivity contribution < 1.29 is 24.5 Å². The predicted octanol–water partition coefficient (Wildman–Crippen LogP) is 3.01. The maximum atomic E-state index is 12.5. The maximum absolute atomic E-state index is 12.5. The zero-order chi connectivity index (χ0) is 20.1. The van der Waals surface area contributed by atoms with Gasteiger partial charge in [0.2, 0.25) is 5.78 Å². The van der Waals surface area contributed by atoms with Crippen molar-refractivity contribution in [3.63, 3.8) is 0 Å². The van der Waals surface area contributed by atoms with Crippen LogP contribution in [0, 0.1) is 31.6 Å². The van der Waals surface area contributed by atoms with Crippen LogP contribution in [-0.2, 0) is 0 Å². The summed E-state index contributed by atoms with van der Waals surface area (Å²) in [5.41, 5.74) is -1.53. The number of carbonyl (C=O) groups excluding carboxylic acids is 1. The molecule has 0 bridgehead atoms. The highest BCUT2D eigenvalue weighted by molar-refractivity contribution is 6.14. The van der Waals surface area contributed by atoms with Gasteiger partial charge in [0.15, 0.2) is 11.5 Å². The number of nitriles is 1. The van der Waals surface area contributed by atoms with Crippen molar-refractivity contribution in [1.29, 1.82) is 5.26 Å². The highest BCUT2D eigenvalue weighted by atomic mass is 16.6. The van der Waals surface area contributed by atoms with E-state index in [9.17, 15) is 35.4 Å². The van der Waals surface area contributed by atoms with Crippen molar-refractivity contribution in [2.75, 3.05) is 7.11 Å². The lowest BCUT2D eigenvalue weighted by Crippen LogP contribution is -2.03. The van der Waals surface area contributed by atoms with Gasteiger partial charge in [-0.3, -0.25) is 25.0 Å². The van der Waals surface area contributed by atoms with Crippen molar-refractivity contribution in [1.82, 2.24) is 0 Å². The summed E-state index contributed by atoms with van der Waals surface area (Å²) in [5, 5.41) is 41.2. The third-order valence-corrected chi connectivity index (χ3v) is 3.50. The van der Waals surface area contributed by atoms with Gasteiger partial charge in [-0.2, -0.15) is 5.26 Å². The second kappa shape index (κ2) is 7.75. The SMILES string of the molecule is COc1cc([N+](=O)[O-])cc(/C=C(/C#N)C(=O)c2cccc([N+](=O)[O-])c2)c1O. The number of allylic oxidation sites excluding steroid dienone is 1. The predicted molar refractivity (Wildman–Crippen MR) is 92.3 cm³/mol. The van der Waals surface area contributed by atoms with Crippen LogP contribution in [0.5, 0.6) is 11.5 Å². The summed E-state index contributed by atoms with van der Waals surface area (Å²) >= 11 is 0. The summed E-state index contributed by atoms with van der Waals surface area (Å²) in [6.07, 6.45) is 0.950. The molecule has 27 heavy (non-hydrogen) atoms. The average Bonchev–Trinajstić information content (AvgIpc) is 2.66. The summed E-state index contributed by atoms with van der Waals surface area (Å²) in [5.74, 6) is -1.55. The van der Waals surface area contributed by atoms with Gasteiger partial charge in [0.05, 0.1) is 23.0 Å². The van der Waals surface area contributed by atoms with E-state index in [0.717, 1.165) is 24.3 Å². The van der Waals surface area contributed by atoms with Gasteiger partial charge in [0, 0.05) is 29.3 Å². The number of nitrogens with zero attached hydrogens (tertiary/aromatic N) is 3. The normalized spacial score (nSPS) is 10.7. The fourth-order valence-corrected chi connectivity index (χ4v) is 2.21. The molecule has 0 saturated carbocycles. The fraction of sp³-hybridized carbons (Fsp3) is 0.0588. The molecule has 0 aliphatic carbocycles. The van der Waals surface area contributed by atoms with Crippen LogP contribution in [0.15, 0.2) is 42.0 Å². The van der Waals surface area contributed by atoms with Crippen LogP contribution in [0.25, 0.3) is 6.08 Å². The first-order chi connectivity index (χ1) is 12.8. The average molecular weight is 369 g/mol. The van der Waals surface area contributed by atoms with E-state index in [2.05, 4.69) is 0 Å². The van der Waals surface area contributed by atoms with Crippen LogP contribution in [0.3, 0.4) is 0 Å². The molecule has 2 aromatic carbocycles. The Hall–Kier alpha value is -4.26. The van der Waals surface area contributed by atoms with Gasteiger partial charge >= 0.3 is 0 Å². The number of non-ortho nitro benzene ring substituents is 2. The Morgan fingerprint density at radius 3 is 2.41 bits per heavy atom. The molecule has 0 fully saturated rings. The maximum Gasteiger partial charge on any atom is 0.274 e. The van der Waals surface area contributed by atoms with Gasteiger partial charge in [-0.05, 0) is 6.08 Å². The van der Waals surface area contributed by atoms with Crippen LogP contribution >= 0.6 is 0 Å². The van der Waals surface area contributed by atoms with E-state index in [1.165, 1.54) is 25.3 Å². The summed E-state index contributed by atoms with van der Waals surface area (Å²) in [6, 6.07) is 8.34. The molecule has 2 aromatic rings. The summed E-state index contributed by atoms with van der Waals surface area (Å²) in [4.78, 5) is 32.9. The zero-order valence-corrected chi connectivity index (χ0v) is 13.8. The molecule has 0 unspecified atom stereocenters. The van der Waals surface area contributed by atoms with E-state index in [4.69, 9.17) is 4.74 Å². The number of methoxy groups -OCH3 is 1. The Morgan fingerprint density at radius 2 is 1.85 bits per heavy atom. The first-order valence-corrected chi connectivity index (χ1v) is 7.24. The molecule has 2 rings (SSSR count). The number of hydrogen-bond acceptors (Lipinski definition) is 8. The van der Waals surface area contributed by atoms with Crippen molar-refractivity contribution in [3.8, 4) is 17.6 Å². The quantitative estimate of drug-likeness (QED) is 0.268.